The molecule has 2 aromatic heterocycles. The molecule has 1 fully saturated rings. The molecule has 198 valence electrons. The molecule has 0 bridgehead atoms. The highest BCUT2D eigenvalue weighted by molar-refractivity contribution is 5.77. The highest BCUT2D eigenvalue weighted by Crippen LogP contribution is 2.28. The second-order valence-corrected chi connectivity index (χ2v) is 9.73. The van der Waals surface area contributed by atoms with Crippen LogP contribution < -0.4 is 27.8 Å². The zero-order valence-electron chi connectivity index (χ0n) is 21.2. The molecule has 3 heterocycles. The van der Waals surface area contributed by atoms with Crippen LogP contribution in [0.4, 0.5) is 0 Å². The SMILES string of the molecule is N=C(N)CCCN1CCCC(c2cc3cn(-c4ccc(CNCCCNC(=N)N)cc4)c(=O)nc3[nH]2)C1. The van der Waals surface area contributed by atoms with Crippen molar-refractivity contribution in [2.45, 2.75) is 44.6 Å². The first-order valence-electron chi connectivity index (χ1n) is 12.9. The van der Waals surface area contributed by atoms with Crippen LogP contribution >= 0.6 is 0 Å². The van der Waals surface area contributed by atoms with Crippen LogP contribution in [0, 0.1) is 10.8 Å². The molecule has 37 heavy (non-hydrogen) atoms. The highest BCUT2D eigenvalue weighted by atomic mass is 16.1. The van der Waals surface area contributed by atoms with Gasteiger partial charge in [-0.3, -0.25) is 15.4 Å². The number of rotatable bonds is 12. The Kier molecular flexibility index (Phi) is 8.91. The van der Waals surface area contributed by atoms with Gasteiger partial charge in [-0.05, 0) is 69.1 Å². The summed E-state index contributed by atoms with van der Waals surface area (Å²) in [5.41, 5.74) is 14.1. The molecule has 4 rings (SSSR count). The third-order valence-corrected chi connectivity index (χ3v) is 6.78. The summed E-state index contributed by atoms with van der Waals surface area (Å²) in [4.78, 5) is 23.0. The fraction of sp³-hybridized carbons (Fsp3) is 0.462. The molecule has 0 amide bonds. The average molecular weight is 507 g/mol. The van der Waals surface area contributed by atoms with E-state index >= 15 is 0 Å². The Morgan fingerprint density at radius 3 is 2.73 bits per heavy atom. The summed E-state index contributed by atoms with van der Waals surface area (Å²) in [5.74, 6) is 0.611. The van der Waals surface area contributed by atoms with Gasteiger partial charge in [0.15, 0.2) is 5.96 Å². The van der Waals surface area contributed by atoms with Crippen LogP contribution in [0.3, 0.4) is 0 Å². The lowest BCUT2D eigenvalue weighted by molar-refractivity contribution is 0.205. The molecule has 0 radical (unpaired) electrons. The van der Waals surface area contributed by atoms with E-state index in [0.29, 0.717) is 24.5 Å². The van der Waals surface area contributed by atoms with E-state index in [9.17, 15) is 4.79 Å². The van der Waals surface area contributed by atoms with Crippen molar-refractivity contribution in [1.29, 1.82) is 10.8 Å². The predicted molar refractivity (Wildman–Crippen MR) is 147 cm³/mol. The van der Waals surface area contributed by atoms with E-state index in [1.807, 2.05) is 30.5 Å². The third kappa shape index (κ3) is 7.40. The molecule has 1 unspecified atom stereocenters. The number of amidine groups is 1. The first kappa shape index (κ1) is 26.4. The summed E-state index contributed by atoms with van der Waals surface area (Å²) < 4.78 is 1.60. The molecular formula is C26H38N10O. The van der Waals surface area contributed by atoms with Crippen LogP contribution in [-0.4, -0.2) is 64.0 Å². The van der Waals surface area contributed by atoms with E-state index in [2.05, 4.69) is 31.6 Å². The fourth-order valence-corrected chi connectivity index (χ4v) is 4.87. The molecule has 1 atom stereocenters. The van der Waals surface area contributed by atoms with Crippen molar-refractivity contribution in [3.8, 4) is 5.69 Å². The summed E-state index contributed by atoms with van der Waals surface area (Å²) in [5, 5.41) is 21.7. The van der Waals surface area contributed by atoms with E-state index in [0.717, 1.165) is 80.7 Å². The third-order valence-electron chi connectivity index (χ3n) is 6.78. The molecule has 11 heteroatoms. The van der Waals surface area contributed by atoms with Gasteiger partial charge in [-0.1, -0.05) is 12.1 Å². The minimum absolute atomic E-state index is 0.00697. The minimum atomic E-state index is -0.306. The maximum atomic E-state index is 12.8. The Labute approximate surface area is 216 Å². The number of guanidine groups is 1. The van der Waals surface area contributed by atoms with Gasteiger partial charge in [-0.2, -0.15) is 4.98 Å². The van der Waals surface area contributed by atoms with Gasteiger partial charge in [0.25, 0.3) is 0 Å². The van der Waals surface area contributed by atoms with Gasteiger partial charge < -0.3 is 32.0 Å². The molecule has 0 spiro atoms. The zero-order chi connectivity index (χ0) is 26.2. The van der Waals surface area contributed by atoms with Crippen LogP contribution in [0.1, 0.15) is 49.3 Å². The number of hydrogen-bond acceptors (Lipinski definition) is 6. The fourth-order valence-electron chi connectivity index (χ4n) is 4.87. The van der Waals surface area contributed by atoms with Crippen molar-refractivity contribution in [3.05, 3.63) is 58.3 Å². The van der Waals surface area contributed by atoms with Crippen molar-refractivity contribution < 1.29 is 0 Å². The van der Waals surface area contributed by atoms with Gasteiger partial charge in [-0.25, -0.2) is 4.79 Å². The van der Waals surface area contributed by atoms with Crippen LogP contribution in [0.2, 0.25) is 0 Å². The quantitative estimate of drug-likeness (QED) is 0.111. The second kappa shape index (κ2) is 12.5. The van der Waals surface area contributed by atoms with Crippen LogP contribution in [0.25, 0.3) is 16.7 Å². The molecule has 1 aliphatic heterocycles. The lowest BCUT2D eigenvalue weighted by atomic mass is 9.94. The average Bonchev–Trinajstić information content (AvgIpc) is 3.29. The van der Waals surface area contributed by atoms with Crippen LogP contribution in [0.15, 0.2) is 41.3 Å². The number of H-pyrrole nitrogens is 1. The van der Waals surface area contributed by atoms with Crippen LogP contribution in [0.5, 0.6) is 0 Å². The van der Waals surface area contributed by atoms with E-state index in [4.69, 9.17) is 22.3 Å². The first-order chi connectivity index (χ1) is 17.9. The number of fused-ring (bicyclic) bond motifs is 1. The Hall–Kier alpha value is -3.70. The number of aromatic amines is 1. The van der Waals surface area contributed by atoms with Crippen LogP contribution in [-0.2, 0) is 6.54 Å². The number of aromatic nitrogens is 3. The number of nitrogens with two attached hydrogens (primary N) is 2. The Balaban J connectivity index is 1.38. The van der Waals surface area contributed by atoms with Gasteiger partial charge in [0.1, 0.15) is 5.65 Å². The number of benzene rings is 1. The van der Waals surface area contributed by atoms with Crippen molar-refractivity contribution >= 4 is 22.8 Å². The molecule has 1 aromatic carbocycles. The van der Waals surface area contributed by atoms with Gasteiger partial charge in [-0.15, -0.1) is 0 Å². The molecule has 11 nitrogen and oxygen atoms in total. The number of likely N-dealkylation sites (tertiary alicyclic amines) is 1. The van der Waals surface area contributed by atoms with E-state index < -0.39 is 0 Å². The molecule has 9 N–H and O–H groups in total. The number of nitrogens with one attached hydrogen (secondary N) is 5. The first-order valence-corrected chi connectivity index (χ1v) is 12.9. The lowest BCUT2D eigenvalue weighted by Gasteiger charge is -2.32. The maximum Gasteiger partial charge on any atom is 0.354 e. The smallest absolute Gasteiger partial charge is 0.354 e. The standard InChI is InChI=1S/C26H38N10O/c27-23(28)5-2-13-35-12-1-4-19(16-35)22-14-20-17-36(26(37)34-24(20)33-22)21-8-6-18(7-9-21)15-31-10-3-11-32-25(29)30/h6-9,14,17,19,31H,1-5,10-13,15-16H2,(H3,27,28)(H4,29,30,32)(H,33,34,37). The van der Waals surface area contributed by atoms with Crippen molar-refractivity contribution in [3.63, 3.8) is 0 Å². The summed E-state index contributed by atoms with van der Waals surface area (Å²) in [6.07, 6.45) is 6.51. The summed E-state index contributed by atoms with van der Waals surface area (Å²) in [6, 6.07) is 10.0. The molecule has 1 saturated heterocycles. The topological polar surface area (TPSA) is 178 Å². The van der Waals surface area contributed by atoms with Crippen molar-refractivity contribution in [2.75, 3.05) is 32.7 Å². The second-order valence-electron chi connectivity index (χ2n) is 9.73. The van der Waals surface area contributed by atoms with Gasteiger partial charge >= 0.3 is 5.69 Å². The number of hydrogen-bond donors (Lipinski definition) is 7. The monoisotopic (exact) mass is 506 g/mol. The maximum absolute atomic E-state index is 12.8. The van der Waals surface area contributed by atoms with Crippen molar-refractivity contribution in [1.82, 2.24) is 30.1 Å². The lowest BCUT2D eigenvalue weighted by Crippen LogP contribution is -2.35. The van der Waals surface area contributed by atoms with Gasteiger partial charge in [0.2, 0.25) is 0 Å². The Morgan fingerprint density at radius 2 is 1.97 bits per heavy atom. The van der Waals surface area contributed by atoms with E-state index in [-0.39, 0.29) is 17.5 Å². The highest BCUT2D eigenvalue weighted by Gasteiger charge is 2.23. The molecule has 1 aliphatic rings. The summed E-state index contributed by atoms with van der Waals surface area (Å²) >= 11 is 0. The Morgan fingerprint density at radius 1 is 1.16 bits per heavy atom. The molecule has 0 aliphatic carbocycles. The van der Waals surface area contributed by atoms with E-state index in [1.54, 1.807) is 4.57 Å². The zero-order valence-corrected chi connectivity index (χ0v) is 21.2. The number of nitrogens with zero attached hydrogens (tertiary/aromatic N) is 3. The Bertz CT molecular complexity index is 1260. The normalized spacial score (nSPS) is 16.2. The molecule has 0 saturated carbocycles. The molecular weight excluding hydrogens is 468 g/mol. The summed E-state index contributed by atoms with van der Waals surface area (Å²) in [7, 11) is 0. The summed E-state index contributed by atoms with van der Waals surface area (Å²) in [6.45, 7) is 5.18. The van der Waals surface area contributed by atoms with Crippen molar-refractivity contribution in [2.24, 2.45) is 11.5 Å². The van der Waals surface area contributed by atoms with Gasteiger partial charge in [0.05, 0.1) is 11.5 Å². The number of piperidine rings is 1. The predicted octanol–water partition coefficient (Wildman–Crippen LogP) is 1.57. The molecule has 3 aromatic rings. The largest absolute Gasteiger partial charge is 0.388 e. The van der Waals surface area contributed by atoms with E-state index in [1.165, 1.54) is 0 Å². The minimum Gasteiger partial charge on any atom is -0.388 e. The van der Waals surface area contributed by atoms with Gasteiger partial charge in [0, 0.05) is 49.2 Å².